The molecule has 1 saturated carbocycles. The van der Waals surface area contributed by atoms with E-state index < -0.39 is 0 Å². The second kappa shape index (κ2) is 5.38. The quantitative estimate of drug-likeness (QED) is 0.649. The highest BCUT2D eigenvalue weighted by molar-refractivity contribution is 5.55. The van der Waals surface area contributed by atoms with Gasteiger partial charge >= 0.3 is 0 Å². The van der Waals surface area contributed by atoms with Gasteiger partial charge in [0.1, 0.15) is 0 Å². The van der Waals surface area contributed by atoms with Crippen LogP contribution in [0.1, 0.15) is 38.2 Å². The standard InChI is InChI=1S/C14H20N2O2/c1-10-9-13(16(17)18)7-8-14(10)15-11(2)12-5-3-4-6-12/h7-9,11-12,15H,3-6H2,1-2H3. The van der Waals surface area contributed by atoms with Crippen molar-refractivity contribution in [2.45, 2.75) is 45.6 Å². The van der Waals surface area contributed by atoms with E-state index in [-0.39, 0.29) is 10.6 Å². The lowest BCUT2D eigenvalue weighted by atomic mass is 9.99. The van der Waals surface area contributed by atoms with Crippen molar-refractivity contribution in [3.8, 4) is 0 Å². The van der Waals surface area contributed by atoms with Crippen molar-refractivity contribution in [3.63, 3.8) is 0 Å². The minimum Gasteiger partial charge on any atom is -0.382 e. The maximum atomic E-state index is 10.7. The predicted octanol–water partition coefficient (Wildman–Crippen LogP) is 3.89. The van der Waals surface area contributed by atoms with E-state index in [1.807, 2.05) is 13.0 Å². The molecule has 0 aromatic heterocycles. The van der Waals surface area contributed by atoms with Crippen molar-refractivity contribution >= 4 is 11.4 Å². The molecule has 0 radical (unpaired) electrons. The van der Waals surface area contributed by atoms with Gasteiger partial charge in [-0.25, -0.2) is 0 Å². The Labute approximate surface area is 108 Å². The molecule has 0 amide bonds. The van der Waals surface area contributed by atoms with Crippen LogP contribution in [0.2, 0.25) is 0 Å². The zero-order valence-corrected chi connectivity index (χ0v) is 11.0. The van der Waals surface area contributed by atoms with Crippen LogP contribution >= 0.6 is 0 Å². The molecule has 1 aliphatic rings. The predicted molar refractivity (Wildman–Crippen MR) is 72.9 cm³/mol. The minimum atomic E-state index is -0.350. The van der Waals surface area contributed by atoms with Crippen LogP contribution in [-0.4, -0.2) is 11.0 Å². The fraction of sp³-hybridized carbons (Fsp3) is 0.571. The Morgan fingerprint density at radius 3 is 2.61 bits per heavy atom. The molecule has 98 valence electrons. The van der Waals surface area contributed by atoms with Gasteiger partial charge in [-0.05, 0) is 44.2 Å². The normalized spacial score (nSPS) is 17.7. The summed E-state index contributed by atoms with van der Waals surface area (Å²) < 4.78 is 0. The number of nitrogens with one attached hydrogen (secondary N) is 1. The molecule has 1 unspecified atom stereocenters. The summed E-state index contributed by atoms with van der Waals surface area (Å²) in [5.74, 6) is 0.736. The van der Waals surface area contributed by atoms with Crippen molar-refractivity contribution < 1.29 is 4.92 Å². The van der Waals surface area contributed by atoms with Crippen molar-refractivity contribution in [1.82, 2.24) is 0 Å². The number of nitro benzene ring substituents is 1. The van der Waals surface area contributed by atoms with Crippen LogP contribution in [0.5, 0.6) is 0 Å². The second-order valence-electron chi connectivity index (χ2n) is 5.23. The van der Waals surface area contributed by atoms with Gasteiger partial charge in [-0.2, -0.15) is 0 Å². The van der Waals surface area contributed by atoms with Crippen LogP contribution < -0.4 is 5.32 Å². The average Bonchev–Trinajstić information content (AvgIpc) is 2.85. The van der Waals surface area contributed by atoms with E-state index in [1.54, 1.807) is 12.1 Å². The monoisotopic (exact) mass is 248 g/mol. The summed E-state index contributed by atoms with van der Waals surface area (Å²) in [4.78, 5) is 10.3. The van der Waals surface area contributed by atoms with E-state index in [4.69, 9.17) is 0 Å². The third kappa shape index (κ3) is 2.81. The summed E-state index contributed by atoms with van der Waals surface area (Å²) in [7, 11) is 0. The van der Waals surface area contributed by atoms with Crippen LogP contribution in [-0.2, 0) is 0 Å². The Morgan fingerprint density at radius 1 is 1.39 bits per heavy atom. The number of anilines is 1. The number of hydrogen-bond donors (Lipinski definition) is 1. The van der Waals surface area contributed by atoms with Crippen molar-refractivity contribution in [2.75, 3.05) is 5.32 Å². The molecule has 0 saturated heterocycles. The van der Waals surface area contributed by atoms with E-state index in [0.29, 0.717) is 6.04 Å². The van der Waals surface area contributed by atoms with Crippen LogP contribution in [0.3, 0.4) is 0 Å². The van der Waals surface area contributed by atoms with E-state index in [1.165, 1.54) is 25.7 Å². The zero-order chi connectivity index (χ0) is 13.1. The van der Waals surface area contributed by atoms with Gasteiger partial charge in [0.25, 0.3) is 5.69 Å². The number of nitro groups is 1. The van der Waals surface area contributed by atoms with Crippen molar-refractivity contribution in [2.24, 2.45) is 5.92 Å². The summed E-state index contributed by atoms with van der Waals surface area (Å²) in [6, 6.07) is 5.45. The van der Waals surface area contributed by atoms with E-state index in [0.717, 1.165) is 17.2 Å². The van der Waals surface area contributed by atoms with E-state index in [2.05, 4.69) is 12.2 Å². The molecular weight excluding hydrogens is 228 g/mol. The number of benzene rings is 1. The highest BCUT2D eigenvalue weighted by Crippen LogP contribution is 2.30. The fourth-order valence-electron chi connectivity index (χ4n) is 2.74. The Hall–Kier alpha value is -1.58. The van der Waals surface area contributed by atoms with Crippen molar-refractivity contribution in [1.29, 1.82) is 0 Å². The third-order valence-corrected chi connectivity index (χ3v) is 3.91. The summed E-state index contributed by atoms with van der Waals surface area (Å²) in [6.45, 7) is 4.12. The van der Waals surface area contributed by atoms with Crippen LogP contribution in [0.25, 0.3) is 0 Å². The molecule has 0 heterocycles. The Kier molecular flexibility index (Phi) is 3.84. The molecule has 0 aliphatic heterocycles. The molecule has 1 aromatic rings. The third-order valence-electron chi connectivity index (χ3n) is 3.91. The van der Waals surface area contributed by atoms with E-state index >= 15 is 0 Å². The van der Waals surface area contributed by atoms with Gasteiger partial charge in [-0.15, -0.1) is 0 Å². The maximum Gasteiger partial charge on any atom is 0.269 e. The number of rotatable bonds is 4. The van der Waals surface area contributed by atoms with Gasteiger partial charge in [-0.3, -0.25) is 10.1 Å². The van der Waals surface area contributed by atoms with Crippen LogP contribution in [0, 0.1) is 23.0 Å². The lowest BCUT2D eigenvalue weighted by molar-refractivity contribution is -0.384. The van der Waals surface area contributed by atoms with Crippen molar-refractivity contribution in [3.05, 3.63) is 33.9 Å². The lowest BCUT2D eigenvalue weighted by Gasteiger charge is -2.22. The molecule has 1 fully saturated rings. The molecule has 4 nitrogen and oxygen atoms in total. The average molecular weight is 248 g/mol. The summed E-state index contributed by atoms with van der Waals surface area (Å²) in [5.41, 5.74) is 2.11. The Morgan fingerprint density at radius 2 is 2.06 bits per heavy atom. The molecule has 1 aromatic carbocycles. The summed E-state index contributed by atoms with van der Waals surface area (Å²) >= 11 is 0. The van der Waals surface area contributed by atoms with Gasteiger partial charge in [0.05, 0.1) is 4.92 Å². The molecular formula is C14H20N2O2. The molecule has 1 N–H and O–H groups in total. The molecule has 1 aliphatic carbocycles. The smallest absolute Gasteiger partial charge is 0.269 e. The molecule has 1 atom stereocenters. The molecule has 18 heavy (non-hydrogen) atoms. The molecule has 0 bridgehead atoms. The first-order valence-corrected chi connectivity index (χ1v) is 6.59. The number of hydrogen-bond acceptors (Lipinski definition) is 3. The highest BCUT2D eigenvalue weighted by Gasteiger charge is 2.21. The largest absolute Gasteiger partial charge is 0.382 e. The molecule has 0 spiro atoms. The Balaban J connectivity index is 2.06. The number of non-ortho nitro benzene ring substituents is 1. The Bertz CT molecular complexity index is 439. The SMILES string of the molecule is Cc1cc([N+](=O)[O-])ccc1NC(C)C1CCCC1. The van der Waals surface area contributed by atoms with Gasteiger partial charge in [0.2, 0.25) is 0 Å². The van der Waals surface area contributed by atoms with Gasteiger partial charge in [0, 0.05) is 23.9 Å². The molecule has 2 rings (SSSR count). The number of aryl methyl sites for hydroxylation is 1. The molecule has 4 heteroatoms. The highest BCUT2D eigenvalue weighted by atomic mass is 16.6. The van der Waals surface area contributed by atoms with Crippen LogP contribution in [0.15, 0.2) is 18.2 Å². The van der Waals surface area contributed by atoms with Gasteiger partial charge in [0.15, 0.2) is 0 Å². The lowest BCUT2D eigenvalue weighted by Crippen LogP contribution is -2.24. The zero-order valence-electron chi connectivity index (χ0n) is 11.0. The van der Waals surface area contributed by atoms with Crippen LogP contribution in [0.4, 0.5) is 11.4 Å². The number of nitrogens with zero attached hydrogens (tertiary/aromatic N) is 1. The fourth-order valence-corrected chi connectivity index (χ4v) is 2.74. The summed E-state index contributed by atoms with van der Waals surface area (Å²) in [6.07, 6.45) is 5.24. The topological polar surface area (TPSA) is 55.2 Å². The minimum absolute atomic E-state index is 0.159. The first-order valence-electron chi connectivity index (χ1n) is 6.59. The maximum absolute atomic E-state index is 10.7. The summed E-state index contributed by atoms with van der Waals surface area (Å²) in [5, 5.41) is 14.2. The van der Waals surface area contributed by atoms with Gasteiger partial charge in [-0.1, -0.05) is 12.8 Å². The first kappa shape index (κ1) is 12.9. The van der Waals surface area contributed by atoms with Gasteiger partial charge < -0.3 is 5.32 Å². The first-order chi connectivity index (χ1) is 8.58. The van der Waals surface area contributed by atoms with E-state index in [9.17, 15) is 10.1 Å². The second-order valence-corrected chi connectivity index (χ2v) is 5.23.